The molecule has 0 spiro atoms. The largest absolute Gasteiger partial charge is 0.476 e. The van der Waals surface area contributed by atoms with Crippen molar-refractivity contribution in [3.63, 3.8) is 0 Å². The van der Waals surface area contributed by atoms with Crippen LogP contribution in [0.4, 0.5) is 4.39 Å². The zero-order valence-electron chi connectivity index (χ0n) is 10.3. The summed E-state index contributed by atoms with van der Waals surface area (Å²) in [6.07, 6.45) is -2.38. The predicted molar refractivity (Wildman–Crippen MR) is 69.8 cm³/mol. The molecule has 0 aliphatic rings. The Hall–Kier alpha value is -2.87. The van der Waals surface area contributed by atoms with Crippen molar-refractivity contribution in [2.75, 3.05) is 0 Å². The molecule has 2 rings (SSSR count). The van der Waals surface area contributed by atoms with Crippen molar-refractivity contribution in [3.8, 4) is 22.9 Å². The third-order valence-corrected chi connectivity index (χ3v) is 2.64. The summed E-state index contributed by atoms with van der Waals surface area (Å²) in [4.78, 5) is 10.3. The van der Waals surface area contributed by atoms with E-state index < -0.39 is 12.3 Å². The molecule has 20 heavy (non-hydrogen) atoms. The molecule has 1 N–H and O–H groups in total. The van der Waals surface area contributed by atoms with Crippen molar-refractivity contribution in [2.24, 2.45) is 0 Å². The maximum atomic E-state index is 12.9. The Morgan fingerprint density at radius 2 is 1.60 bits per heavy atom. The second-order valence-corrected chi connectivity index (χ2v) is 3.99. The van der Waals surface area contributed by atoms with Gasteiger partial charge < -0.3 is 9.84 Å². The number of carboxylic acid groups (broad SMARTS) is 1. The van der Waals surface area contributed by atoms with E-state index in [1.807, 2.05) is 6.07 Å². The number of aliphatic carboxylic acids is 1. The van der Waals surface area contributed by atoms with Gasteiger partial charge in [0.05, 0.1) is 11.6 Å². The number of ether oxygens (including phenoxy) is 1. The molecule has 2 aromatic carbocycles. The number of halogens is 1. The van der Waals surface area contributed by atoms with Gasteiger partial charge in [0.1, 0.15) is 5.75 Å². The fraction of sp³-hybridized carbons (Fsp3) is 0.0667. The molecule has 100 valence electrons. The number of carbonyl (C=O) groups is 1. The van der Waals surface area contributed by atoms with Crippen LogP contribution >= 0.6 is 0 Å². The molecule has 0 bridgehead atoms. The van der Waals surface area contributed by atoms with Crippen LogP contribution in [-0.2, 0) is 4.79 Å². The Kier molecular flexibility index (Phi) is 3.96. The first-order valence-corrected chi connectivity index (χ1v) is 5.74. The number of carboxylic acids is 1. The highest BCUT2D eigenvalue weighted by molar-refractivity contribution is 5.71. The molecule has 0 amide bonds. The van der Waals surface area contributed by atoms with E-state index in [2.05, 4.69) is 4.74 Å². The number of hydrogen-bond donors (Lipinski definition) is 1. The summed E-state index contributed by atoms with van der Waals surface area (Å²) in [6.45, 7) is 0. The molecular formula is C15H10FNO3. The minimum absolute atomic E-state index is 0.136. The van der Waals surface area contributed by atoms with Gasteiger partial charge in [0.2, 0.25) is 0 Å². The minimum Gasteiger partial charge on any atom is -0.476 e. The quantitative estimate of drug-likeness (QED) is 0.928. The zero-order valence-corrected chi connectivity index (χ0v) is 10.3. The van der Waals surface area contributed by atoms with Gasteiger partial charge in [0.15, 0.2) is 0 Å². The lowest BCUT2D eigenvalue weighted by Gasteiger charge is -2.08. The fourth-order valence-electron chi connectivity index (χ4n) is 1.63. The molecule has 0 fully saturated rings. The molecule has 2 aromatic rings. The van der Waals surface area contributed by atoms with Crippen LogP contribution in [0.25, 0.3) is 11.1 Å². The molecule has 4 nitrogen and oxygen atoms in total. The van der Waals surface area contributed by atoms with Crippen LogP contribution in [0.2, 0.25) is 0 Å². The van der Waals surface area contributed by atoms with Crippen LogP contribution in [0.1, 0.15) is 5.56 Å². The van der Waals surface area contributed by atoms with Gasteiger partial charge in [-0.3, -0.25) is 0 Å². The summed E-state index contributed by atoms with van der Waals surface area (Å²) >= 11 is 0. The number of hydrogen-bond acceptors (Lipinski definition) is 3. The summed E-state index contributed by atoms with van der Waals surface area (Å²) in [6, 6.07) is 15.4. The molecule has 0 aliphatic carbocycles. The van der Waals surface area contributed by atoms with Crippen molar-refractivity contribution in [2.45, 2.75) is 6.36 Å². The van der Waals surface area contributed by atoms with Crippen LogP contribution in [-0.4, -0.2) is 17.4 Å². The molecule has 0 heterocycles. The lowest BCUT2D eigenvalue weighted by Crippen LogP contribution is -2.21. The van der Waals surface area contributed by atoms with Gasteiger partial charge in [0, 0.05) is 0 Å². The van der Waals surface area contributed by atoms with Gasteiger partial charge in [-0.1, -0.05) is 24.3 Å². The summed E-state index contributed by atoms with van der Waals surface area (Å²) in [7, 11) is 0. The highest BCUT2D eigenvalue weighted by Crippen LogP contribution is 2.23. The van der Waals surface area contributed by atoms with Crippen molar-refractivity contribution in [1.29, 1.82) is 5.26 Å². The standard InChI is InChI=1S/C15H10FNO3/c16-14(15(18)19)20-13-7-5-12(6-8-13)11-3-1-10(9-17)2-4-11/h1-8,14H,(H,18,19). The number of alkyl halides is 1. The maximum Gasteiger partial charge on any atom is 0.378 e. The van der Waals surface area contributed by atoms with Gasteiger partial charge in [-0.25, -0.2) is 4.79 Å². The third-order valence-electron chi connectivity index (χ3n) is 2.64. The van der Waals surface area contributed by atoms with E-state index in [0.29, 0.717) is 5.56 Å². The SMILES string of the molecule is N#Cc1ccc(-c2ccc(OC(F)C(=O)O)cc2)cc1. The fourth-order valence-corrected chi connectivity index (χ4v) is 1.63. The first-order chi connectivity index (χ1) is 9.60. The summed E-state index contributed by atoms with van der Waals surface area (Å²) < 4.78 is 17.5. The van der Waals surface area contributed by atoms with E-state index >= 15 is 0 Å². The number of nitriles is 1. The van der Waals surface area contributed by atoms with Crippen molar-refractivity contribution < 1.29 is 19.0 Å². The third kappa shape index (κ3) is 3.12. The smallest absolute Gasteiger partial charge is 0.378 e. The Morgan fingerprint density at radius 3 is 2.05 bits per heavy atom. The average molecular weight is 271 g/mol. The zero-order chi connectivity index (χ0) is 14.5. The first kappa shape index (κ1) is 13.6. The lowest BCUT2D eigenvalue weighted by atomic mass is 10.0. The average Bonchev–Trinajstić information content (AvgIpc) is 2.48. The van der Waals surface area contributed by atoms with Gasteiger partial charge in [-0.15, -0.1) is 0 Å². The first-order valence-electron chi connectivity index (χ1n) is 5.74. The molecular weight excluding hydrogens is 261 g/mol. The minimum atomic E-state index is -2.38. The van der Waals surface area contributed by atoms with E-state index in [9.17, 15) is 9.18 Å². The molecule has 1 atom stereocenters. The molecule has 5 heteroatoms. The van der Waals surface area contributed by atoms with E-state index in [1.165, 1.54) is 12.1 Å². The van der Waals surface area contributed by atoms with Gasteiger partial charge >= 0.3 is 12.3 Å². The van der Waals surface area contributed by atoms with E-state index in [-0.39, 0.29) is 5.75 Å². The molecule has 0 aromatic heterocycles. The molecule has 1 unspecified atom stereocenters. The Labute approximate surface area is 114 Å². The van der Waals surface area contributed by atoms with Gasteiger partial charge in [-0.05, 0) is 35.4 Å². The summed E-state index contributed by atoms with van der Waals surface area (Å²) in [5, 5.41) is 17.1. The van der Waals surface area contributed by atoms with Crippen LogP contribution in [0.5, 0.6) is 5.75 Å². The van der Waals surface area contributed by atoms with Crippen molar-refractivity contribution in [3.05, 3.63) is 54.1 Å². The van der Waals surface area contributed by atoms with E-state index in [0.717, 1.165) is 11.1 Å². The number of nitrogens with zero attached hydrogens (tertiary/aromatic N) is 1. The molecule has 0 saturated heterocycles. The van der Waals surface area contributed by atoms with Crippen molar-refractivity contribution >= 4 is 5.97 Å². The monoisotopic (exact) mass is 271 g/mol. The van der Waals surface area contributed by atoms with Crippen LogP contribution in [0.15, 0.2) is 48.5 Å². The molecule has 0 aliphatic heterocycles. The van der Waals surface area contributed by atoms with Gasteiger partial charge in [-0.2, -0.15) is 9.65 Å². The topological polar surface area (TPSA) is 70.3 Å². The number of benzene rings is 2. The molecule has 0 saturated carbocycles. The second-order valence-electron chi connectivity index (χ2n) is 3.99. The summed E-state index contributed by atoms with van der Waals surface area (Å²) in [5.74, 6) is -1.53. The van der Waals surface area contributed by atoms with Gasteiger partial charge in [0.25, 0.3) is 0 Å². The molecule has 0 radical (unpaired) electrons. The lowest BCUT2D eigenvalue weighted by molar-refractivity contribution is -0.153. The van der Waals surface area contributed by atoms with Crippen LogP contribution in [0, 0.1) is 11.3 Å². The Balaban J connectivity index is 2.15. The van der Waals surface area contributed by atoms with Crippen molar-refractivity contribution in [1.82, 2.24) is 0 Å². The Morgan fingerprint density at radius 1 is 1.10 bits per heavy atom. The van der Waals surface area contributed by atoms with E-state index in [4.69, 9.17) is 10.4 Å². The highest BCUT2D eigenvalue weighted by atomic mass is 19.1. The normalized spacial score (nSPS) is 11.4. The maximum absolute atomic E-state index is 12.9. The highest BCUT2D eigenvalue weighted by Gasteiger charge is 2.16. The Bertz CT molecular complexity index is 644. The van der Waals surface area contributed by atoms with Crippen LogP contribution in [0.3, 0.4) is 0 Å². The summed E-state index contributed by atoms with van der Waals surface area (Å²) in [5.41, 5.74) is 2.31. The number of rotatable bonds is 4. The van der Waals surface area contributed by atoms with E-state index in [1.54, 1.807) is 36.4 Å². The van der Waals surface area contributed by atoms with Crippen LogP contribution < -0.4 is 4.74 Å². The predicted octanol–water partition coefficient (Wildman–Crippen LogP) is 2.98. The second kappa shape index (κ2) is 5.85.